The molecule has 0 N–H and O–H groups in total. The zero-order valence-electron chi connectivity index (χ0n) is 20.9. The molecule has 0 fully saturated rings. The third-order valence-electron chi connectivity index (χ3n) is 8.86. The minimum atomic E-state index is 0.602. The maximum atomic E-state index is 2.64. The van der Waals surface area contributed by atoms with E-state index >= 15 is 0 Å². The van der Waals surface area contributed by atoms with Gasteiger partial charge < -0.3 is 0 Å². The summed E-state index contributed by atoms with van der Waals surface area (Å²) >= 11 is 0. The molecule has 4 heterocycles. The predicted octanol–water partition coefficient (Wildman–Crippen LogP) is 6.68. The molecule has 0 saturated carbocycles. The van der Waals surface area contributed by atoms with Gasteiger partial charge in [0.25, 0.3) is 0 Å². The lowest BCUT2D eigenvalue weighted by Gasteiger charge is -2.41. The van der Waals surface area contributed by atoms with E-state index in [1.165, 1.54) is 61.0 Å². The Bertz CT molecular complexity index is 1280. The lowest BCUT2D eigenvalue weighted by atomic mass is 9.84. The normalized spacial score (nSPS) is 21.9. The molecule has 36 heavy (non-hydrogen) atoms. The van der Waals surface area contributed by atoms with Crippen molar-refractivity contribution in [2.45, 2.75) is 50.9 Å². The minimum Gasteiger partial charge on any atom is -0.291 e. The molecule has 0 radical (unpaired) electrons. The Kier molecular flexibility index (Phi) is 5.72. The van der Waals surface area contributed by atoms with Crippen LogP contribution < -0.4 is 0 Å². The van der Waals surface area contributed by atoms with E-state index in [1.807, 2.05) is 0 Å². The van der Waals surface area contributed by atoms with Gasteiger partial charge in [0.1, 0.15) is 0 Å². The van der Waals surface area contributed by atoms with Crippen LogP contribution in [0.25, 0.3) is 0 Å². The largest absolute Gasteiger partial charge is 0.291 e. The van der Waals surface area contributed by atoms with E-state index in [-0.39, 0.29) is 0 Å². The molecular formula is C34H34N2. The highest BCUT2D eigenvalue weighted by Gasteiger charge is 2.32. The van der Waals surface area contributed by atoms with Crippen LogP contribution in [-0.2, 0) is 38.8 Å². The molecule has 0 saturated heterocycles. The molecule has 0 bridgehead atoms. The molecule has 0 aliphatic carbocycles. The van der Waals surface area contributed by atoms with Crippen LogP contribution in [-0.4, -0.2) is 22.9 Å². The summed E-state index contributed by atoms with van der Waals surface area (Å²) in [5, 5.41) is 0. The number of benzene rings is 4. The van der Waals surface area contributed by atoms with Gasteiger partial charge in [-0.1, -0.05) is 97.1 Å². The third-order valence-corrected chi connectivity index (χ3v) is 8.86. The smallest absolute Gasteiger partial charge is 0.0394 e. The average Bonchev–Trinajstić information content (AvgIpc) is 2.95. The molecule has 2 atom stereocenters. The van der Waals surface area contributed by atoms with Crippen molar-refractivity contribution in [1.82, 2.24) is 9.80 Å². The molecule has 4 aromatic rings. The van der Waals surface area contributed by atoms with Crippen LogP contribution in [0.1, 0.15) is 56.6 Å². The monoisotopic (exact) mass is 470 g/mol. The highest BCUT2D eigenvalue weighted by Crippen LogP contribution is 2.39. The third kappa shape index (κ3) is 3.99. The molecule has 0 amide bonds. The van der Waals surface area contributed by atoms with Crippen molar-refractivity contribution >= 4 is 0 Å². The van der Waals surface area contributed by atoms with E-state index < -0.39 is 0 Å². The Morgan fingerprint density at radius 3 is 1.22 bits per heavy atom. The Morgan fingerprint density at radius 1 is 0.417 bits per heavy atom. The molecule has 2 unspecified atom stereocenters. The molecule has 4 aromatic carbocycles. The first-order valence-electron chi connectivity index (χ1n) is 13.6. The number of rotatable bonds is 0. The molecule has 180 valence electrons. The number of hydrogen-bond donors (Lipinski definition) is 0. The molecule has 0 spiro atoms. The fourth-order valence-electron chi connectivity index (χ4n) is 6.94. The second kappa shape index (κ2) is 9.35. The van der Waals surface area contributed by atoms with Gasteiger partial charge in [0.05, 0.1) is 0 Å². The molecular weight excluding hydrogens is 436 g/mol. The van der Waals surface area contributed by atoms with Crippen molar-refractivity contribution in [2.24, 2.45) is 0 Å². The van der Waals surface area contributed by atoms with Gasteiger partial charge in [-0.3, -0.25) is 9.80 Å². The van der Waals surface area contributed by atoms with Gasteiger partial charge in [-0.15, -0.1) is 0 Å². The van der Waals surface area contributed by atoms with E-state index in [4.69, 9.17) is 0 Å². The summed E-state index contributed by atoms with van der Waals surface area (Å²) < 4.78 is 0. The van der Waals surface area contributed by atoms with Gasteiger partial charge in [0.2, 0.25) is 0 Å². The summed E-state index contributed by atoms with van der Waals surface area (Å²) in [7, 11) is 0. The summed E-state index contributed by atoms with van der Waals surface area (Å²) in [6.07, 6.45) is 4.75. The van der Waals surface area contributed by atoms with Gasteiger partial charge in [-0.2, -0.15) is 0 Å². The van der Waals surface area contributed by atoms with Crippen molar-refractivity contribution in [2.75, 3.05) is 13.1 Å². The number of fused-ring (bicyclic) bond motifs is 8. The Balaban J connectivity index is 0.000000122. The van der Waals surface area contributed by atoms with Crippen molar-refractivity contribution in [3.05, 3.63) is 142 Å². The summed E-state index contributed by atoms with van der Waals surface area (Å²) in [5.74, 6) is 0. The first kappa shape index (κ1) is 22.0. The summed E-state index contributed by atoms with van der Waals surface area (Å²) in [6.45, 7) is 4.65. The van der Waals surface area contributed by atoms with Crippen molar-refractivity contribution < 1.29 is 0 Å². The maximum Gasteiger partial charge on any atom is 0.0394 e. The van der Waals surface area contributed by atoms with Crippen molar-refractivity contribution in [1.29, 1.82) is 0 Å². The van der Waals surface area contributed by atoms with Crippen LogP contribution in [0.2, 0.25) is 0 Å². The van der Waals surface area contributed by atoms with Crippen LogP contribution in [0.3, 0.4) is 0 Å². The summed E-state index contributed by atoms with van der Waals surface area (Å²) in [4.78, 5) is 5.29. The van der Waals surface area contributed by atoms with E-state index in [2.05, 4.69) is 107 Å². The summed E-state index contributed by atoms with van der Waals surface area (Å²) in [6, 6.07) is 37.0. The Hall–Kier alpha value is -3.20. The van der Waals surface area contributed by atoms with Crippen LogP contribution in [0, 0.1) is 0 Å². The average molecular weight is 471 g/mol. The molecule has 4 aliphatic heterocycles. The van der Waals surface area contributed by atoms with Crippen LogP contribution in [0.15, 0.2) is 97.1 Å². The van der Waals surface area contributed by atoms with Crippen molar-refractivity contribution in [3.8, 4) is 0 Å². The topological polar surface area (TPSA) is 6.48 Å². The van der Waals surface area contributed by atoms with Gasteiger partial charge in [0.15, 0.2) is 0 Å². The quantitative estimate of drug-likeness (QED) is 0.283. The highest BCUT2D eigenvalue weighted by atomic mass is 15.2. The van der Waals surface area contributed by atoms with Crippen molar-refractivity contribution in [3.63, 3.8) is 0 Å². The van der Waals surface area contributed by atoms with E-state index in [1.54, 1.807) is 22.3 Å². The SMILES string of the molecule is c1ccc2c(c1)CC1c3ccccc3CCN1C2.c1ccc2c(c1)CC1c3ccccc3CCN1C2. The van der Waals surface area contributed by atoms with E-state index in [0.717, 1.165) is 13.1 Å². The number of hydrogen-bond acceptors (Lipinski definition) is 2. The van der Waals surface area contributed by atoms with Crippen LogP contribution in [0.4, 0.5) is 0 Å². The second-order valence-corrected chi connectivity index (χ2v) is 10.8. The van der Waals surface area contributed by atoms with Crippen LogP contribution in [0.5, 0.6) is 0 Å². The predicted molar refractivity (Wildman–Crippen MR) is 147 cm³/mol. The van der Waals surface area contributed by atoms with E-state index in [9.17, 15) is 0 Å². The lowest BCUT2D eigenvalue weighted by molar-refractivity contribution is 0.161. The molecule has 8 rings (SSSR count). The molecule has 4 aliphatic rings. The highest BCUT2D eigenvalue weighted by molar-refractivity contribution is 5.40. The molecule has 2 heteroatoms. The fraction of sp³-hybridized carbons (Fsp3) is 0.294. The lowest BCUT2D eigenvalue weighted by Crippen LogP contribution is -2.39. The number of nitrogens with zero attached hydrogens (tertiary/aromatic N) is 2. The first-order valence-corrected chi connectivity index (χ1v) is 13.6. The zero-order valence-corrected chi connectivity index (χ0v) is 20.9. The van der Waals surface area contributed by atoms with Gasteiger partial charge in [-0.25, -0.2) is 0 Å². The van der Waals surface area contributed by atoms with E-state index in [0.29, 0.717) is 12.1 Å². The maximum absolute atomic E-state index is 2.64. The summed E-state index contributed by atoms with van der Waals surface area (Å²) in [5.41, 5.74) is 12.3. The zero-order chi connectivity index (χ0) is 23.9. The first-order chi connectivity index (χ1) is 17.8. The Morgan fingerprint density at radius 2 is 0.778 bits per heavy atom. The van der Waals surface area contributed by atoms with Gasteiger partial charge in [0, 0.05) is 38.3 Å². The van der Waals surface area contributed by atoms with Crippen LogP contribution >= 0.6 is 0 Å². The molecule has 0 aromatic heterocycles. The second-order valence-electron chi connectivity index (χ2n) is 10.8. The molecule has 2 nitrogen and oxygen atoms in total. The van der Waals surface area contributed by atoms with Gasteiger partial charge >= 0.3 is 0 Å². The minimum absolute atomic E-state index is 0.602. The Labute approximate surface area is 215 Å². The standard InChI is InChI=1S/2C17H17N/c2*1-2-7-15-12-18-10-9-13-5-3-4-8-16(13)17(18)11-14(15)6-1/h2*1-8,17H,9-12H2. The van der Waals surface area contributed by atoms with Gasteiger partial charge in [-0.05, 0) is 70.2 Å². The fourth-order valence-corrected chi connectivity index (χ4v) is 6.94.